The molecule has 0 amide bonds. The van der Waals surface area contributed by atoms with Crippen molar-refractivity contribution in [2.24, 2.45) is 0 Å². The minimum Gasteiger partial charge on any atom is -1.00 e. The highest BCUT2D eigenvalue weighted by atomic mass is 35.5. The van der Waals surface area contributed by atoms with Gasteiger partial charge in [-0.25, -0.2) is 4.79 Å². The minimum atomic E-state index is -0.532. The van der Waals surface area contributed by atoms with E-state index in [-0.39, 0.29) is 18.4 Å². The third-order valence-corrected chi connectivity index (χ3v) is 2.31. The maximum Gasteiger partial charge on any atom is 0.337 e. The van der Waals surface area contributed by atoms with Gasteiger partial charge >= 0.3 is 5.97 Å². The fraction of sp³-hybridized carbons (Fsp3) is 0.700. The van der Waals surface area contributed by atoms with Crippen LogP contribution in [0.3, 0.4) is 0 Å². The summed E-state index contributed by atoms with van der Waals surface area (Å²) >= 11 is 0. The Hall–Kier alpha value is -0.540. The van der Waals surface area contributed by atoms with Crippen molar-refractivity contribution in [3.05, 3.63) is 12.2 Å². The molecule has 0 spiro atoms. The van der Waals surface area contributed by atoms with Crippen molar-refractivity contribution < 1.29 is 26.4 Å². The van der Waals surface area contributed by atoms with Crippen LogP contribution < -0.4 is 12.4 Å². The van der Waals surface area contributed by atoms with Crippen LogP contribution in [0.15, 0.2) is 12.2 Å². The first-order chi connectivity index (χ1) is 5.58. The van der Waals surface area contributed by atoms with E-state index in [0.717, 1.165) is 0 Å². The topological polar surface area (TPSA) is 26.3 Å². The van der Waals surface area contributed by atoms with E-state index in [2.05, 4.69) is 6.58 Å². The maximum absolute atomic E-state index is 11.3. The van der Waals surface area contributed by atoms with Crippen molar-refractivity contribution in [3.63, 3.8) is 0 Å². The van der Waals surface area contributed by atoms with Gasteiger partial charge < -0.3 is 17.1 Å². The van der Waals surface area contributed by atoms with Crippen molar-refractivity contribution in [3.8, 4) is 0 Å². The Morgan fingerprint density at radius 2 is 1.64 bits per heavy atom. The Morgan fingerprint density at radius 3 is 1.86 bits per heavy atom. The van der Waals surface area contributed by atoms with Crippen LogP contribution >= 0.6 is 0 Å². The minimum absolute atomic E-state index is 0. The first-order valence-corrected chi connectivity index (χ1v) is 4.28. The quantitative estimate of drug-likeness (QED) is 0.252. The molecule has 0 aromatic rings. The SMILES string of the molecule is C=C(C)C(=O)OC(C)(C)[N+](C)(C)C.[Cl-]. The predicted octanol–water partition coefficient (Wildman–Crippen LogP) is -1.45. The summed E-state index contributed by atoms with van der Waals surface area (Å²) < 4.78 is 5.86. The molecule has 0 fully saturated rings. The van der Waals surface area contributed by atoms with Gasteiger partial charge in [0, 0.05) is 19.4 Å². The number of hydrogen-bond donors (Lipinski definition) is 0. The van der Waals surface area contributed by atoms with Crippen molar-refractivity contribution in [1.82, 2.24) is 0 Å². The van der Waals surface area contributed by atoms with Crippen LogP contribution in [0.1, 0.15) is 20.8 Å². The highest BCUT2D eigenvalue weighted by molar-refractivity contribution is 5.87. The molecule has 0 N–H and O–H groups in total. The Kier molecular flexibility index (Phi) is 5.46. The summed E-state index contributed by atoms with van der Waals surface area (Å²) in [6.07, 6.45) is 0. The summed E-state index contributed by atoms with van der Waals surface area (Å²) in [6, 6.07) is 0. The van der Waals surface area contributed by atoms with Gasteiger partial charge in [0.2, 0.25) is 5.72 Å². The van der Waals surface area contributed by atoms with Gasteiger partial charge in [-0.2, -0.15) is 0 Å². The van der Waals surface area contributed by atoms with E-state index in [1.807, 2.05) is 35.0 Å². The lowest BCUT2D eigenvalue weighted by Gasteiger charge is -2.39. The summed E-state index contributed by atoms with van der Waals surface area (Å²) in [5.41, 5.74) is -0.0997. The summed E-state index contributed by atoms with van der Waals surface area (Å²) in [5.74, 6) is -0.335. The number of quaternary nitrogens is 1. The Morgan fingerprint density at radius 1 is 1.29 bits per heavy atom. The Bertz CT molecular complexity index is 229. The second kappa shape index (κ2) is 4.80. The second-order valence-electron chi connectivity index (χ2n) is 4.63. The molecule has 0 saturated heterocycles. The molecule has 0 aromatic heterocycles. The average molecular weight is 222 g/mol. The first kappa shape index (κ1) is 15.9. The smallest absolute Gasteiger partial charge is 0.337 e. The van der Waals surface area contributed by atoms with Crippen LogP contribution in [0.2, 0.25) is 0 Å². The van der Waals surface area contributed by atoms with Gasteiger partial charge in [-0.3, -0.25) is 4.48 Å². The zero-order valence-electron chi connectivity index (χ0n) is 9.85. The Balaban J connectivity index is 0. The predicted molar refractivity (Wildman–Crippen MR) is 53.0 cm³/mol. The Labute approximate surface area is 92.7 Å². The van der Waals surface area contributed by atoms with E-state index < -0.39 is 5.72 Å². The van der Waals surface area contributed by atoms with Crippen molar-refractivity contribution in [2.75, 3.05) is 21.1 Å². The highest BCUT2D eigenvalue weighted by Gasteiger charge is 2.36. The number of rotatable bonds is 3. The first-order valence-electron chi connectivity index (χ1n) is 4.28. The number of esters is 1. The van der Waals surface area contributed by atoms with Crippen LogP contribution in [0, 0.1) is 0 Å². The average Bonchev–Trinajstić information content (AvgIpc) is 1.83. The second-order valence-corrected chi connectivity index (χ2v) is 4.63. The number of hydrogen-bond acceptors (Lipinski definition) is 2. The number of nitrogens with zero attached hydrogens (tertiary/aromatic N) is 1. The number of carbonyl (C=O) groups excluding carboxylic acids is 1. The summed E-state index contributed by atoms with van der Waals surface area (Å²) in [5, 5.41) is 0. The molecule has 4 heteroatoms. The van der Waals surface area contributed by atoms with E-state index in [1.165, 1.54) is 0 Å². The standard InChI is InChI=1S/C10H20NO2.ClH/c1-8(2)9(12)13-10(3,4)11(5,6)7;/h1H2,2-7H3;1H/q+1;/p-1. The number of halogens is 1. The molecule has 0 saturated carbocycles. The van der Waals surface area contributed by atoms with Crippen molar-refractivity contribution in [1.29, 1.82) is 0 Å². The summed E-state index contributed by atoms with van der Waals surface area (Å²) in [7, 11) is 5.93. The molecule has 84 valence electrons. The van der Waals surface area contributed by atoms with Crippen molar-refractivity contribution in [2.45, 2.75) is 26.5 Å². The van der Waals surface area contributed by atoms with Gasteiger partial charge in [-0.15, -0.1) is 0 Å². The van der Waals surface area contributed by atoms with E-state index in [1.54, 1.807) is 6.92 Å². The number of carbonyl (C=O) groups is 1. The van der Waals surface area contributed by atoms with E-state index >= 15 is 0 Å². The molecule has 0 aliphatic rings. The zero-order chi connectivity index (χ0) is 10.9. The van der Waals surface area contributed by atoms with Gasteiger partial charge in [-0.05, 0) is 6.92 Å². The van der Waals surface area contributed by atoms with E-state index in [9.17, 15) is 4.79 Å². The van der Waals surface area contributed by atoms with Crippen LogP contribution in [0.5, 0.6) is 0 Å². The van der Waals surface area contributed by atoms with Gasteiger partial charge in [0.05, 0.1) is 21.1 Å². The number of ether oxygens (including phenoxy) is 1. The van der Waals surface area contributed by atoms with E-state index in [0.29, 0.717) is 10.1 Å². The summed E-state index contributed by atoms with van der Waals surface area (Å²) in [4.78, 5) is 11.3. The van der Waals surface area contributed by atoms with E-state index in [4.69, 9.17) is 4.74 Å². The van der Waals surface area contributed by atoms with Crippen LogP contribution in [0.4, 0.5) is 0 Å². The molecule has 0 atom stereocenters. The fourth-order valence-corrected chi connectivity index (χ4v) is 0.451. The lowest BCUT2D eigenvalue weighted by atomic mass is 10.2. The third-order valence-electron chi connectivity index (χ3n) is 2.31. The van der Waals surface area contributed by atoms with Crippen LogP contribution in [0.25, 0.3) is 0 Å². The third kappa shape index (κ3) is 4.11. The molecule has 0 rings (SSSR count). The largest absolute Gasteiger partial charge is 1.00 e. The molecule has 0 radical (unpaired) electrons. The van der Waals surface area contributed by atoms with Crippen LogP contribution in [-0.2, 0) is 9.53 Å². The highest BCUT2D eigenvalue weighted by Crippen LogP contribution is 2.20. The zero-order valence-corrected chi connectivity index (χ0v) is 10.6. The molecule has 14 heavy (non-hydrogen) atoms. The fourth-order valence-electron chi connectivity index (χ4n) is 0.451. The molecule has 0 aliphatic heterocycles. The van der Waals surface area contributed by atoms with Gasteiger partial charge in [-0.1, -0.05) is 6.58 Å². The van der Waals surface area contributed by atoms with Gasteiger partial charge in [0.1, 0.15) is 0 Å². The molecular formula is C10H20ClNO2. The molecule has 3 nitrogen and oxygen atoms in total. The lowest BCUT2D eigenvalue weighted by Crippen LogP contribution is -3.00. The molecule has 0 heterocycles. The maximum atomic E-state index is 11.3. The van der Waals surface area contributed by atoms with Gasteiger partial charge in [0.25, 0.3) is 0 Å². The lowest BCUT2D eigenvalue weighted by molar-refractivity contribution is -0.943. The van der Waals surface area contributed by atoms with Crippen LogP contribution in [-0.4, -0.2) is 37.3 Å². The normalized spacial score (nSPS) is 11.6. The molecule has 0 unspecified atom stereocenters. The van der Waals surface area contributed by atoms with Crippen molar-refractivity contribution >= 4 is 5.97 Å². The molecule has 0 aromatic carbocycles. The summed E-state index contributed by atoms with van der Waals surface area (Å²) in [6.45, 7) is 8.95. The molecule has 0 aliphatic carbocycles. The molecular weight excluding hydrogens is 202 g/mol. The van der Waals surface area contributed by atoms with Gasteiger partial charge in [0.15, 0.2) is 0 Å². The molecule has 0 bridgehead atoms. The monoisotopic (exact) mass is 221 g/mol.